The summed E-state index contributed by atoms with van der Waals surface area (Å²) in [7, 11) is 0. The molecule has 5 heteroatoms. The lowest BCUT2D eigenvalue weighted by Gasteiger charge is -2.15. The standard InChI is InChI=1S/C9H11NO4/c1-3(11)14-9-5-2-4-6(7(4)9)8(5)10(12)13/h4-9H,2H2,1H3/t4-,5+,6?,7?,8-,9-/m1/s1. The predicted molar refractivity (Wildman–Crippen MR) is 44.9 cm³/mol. The Kier molecular flexibility index (Phi) is 1.33. The maximum absolute atomic E-state index is 10.8. The van der Waals surface area contributed by atoms with Gasteiger partial charge in [-0.05, 0) is 12.3 Å². The highest BCUT2D eigenvalue weighted by Gasteiger charge is 2.79. The van der Waals surface area contributed by atoms with E-state index in [1.807, 2.05) is 0 Å². The predicted octanol–water partition coefficient (Wildman–Crippen LogP) is 0.459. The minimum atomic E-state index is -0.436. The Labute approximate surface area is 80.6 Å². The van der Waals surface area contributed by atoms with Crippen molar-refractivity contribution < 1.29 is 14.5 Å². The molecule has 76 valence electrons. The molecule has 0 aromatic carbocycles. The molecule has 0 aromatic heterocycles. The van der Waals surface area contributed by atoms with Crippen molar-refractivity contribution in [3.05, 3.63) is 10.1 Å². The second-order valence-electron chi connectivity index (χ2n) is 4.57. The molecule has 4 saturated carbocycles. The highest BCUT2D eigenvalue weighted by molar-refractivity contribution is 5.66. The van der Waals surface area contributed by atoms with E-state index in [1.165, 1.54) is 6.92 Å². The average molecular weight is 197 g/mol. The summed E-state index contributed by atoms with van der Waals surface area (Å²) < 4.78 is 5.16. The Morgan fingerprint density at radius 3 is 2.57 bits per heavy atom. The largest absolute Gasteiger partial charge is 0.462 e. The van der Waals surface area contributed by atoms with E-state index < -0.39 is 6.04 Å². The van der Waals surface area contributed by atoms with Crippen LogP contribution in [0.15, 0.2) is 0 Å². The topological polar surface area (TPSA) is 69.4 Å². The number of hydrogen-bond donors (Lipinski definition) is 0. The summed E-state index contributed by atoms with van der Waals surface area (Å²) >= 11 is 0. The van der Waals surface area contributed by atoms with Crippen LogP contribution in [0.5, 0.6) is 0 Å². The van der Waals surface area contributed by atoms with Gasteiger partial charge in [0.25, 0.3) is 0 Å². The molecular formula is C9H11NO4. The van der Waals surface area contributed by atoms with Gasteiger partial charge < -0.3 is 4.74 Å². The molecule has 4 aliphatic carbocycles. The number of carbonyl (C=O) groups is 1. The fraction of sp³-hybridized carbons (Fsp3) is 0.889. The van der Waals surface area contributed by atoms with E-state index in [1.54, 1.807) is 0 Å². The van der Waals surface area contributed by atoms with Crippen LogP contribution < -0.4 is 0 Å². The monoisotopic (exact) mass is 197 g/mol. The third-order valence-electron chi connectivity index (χ3n) is 4.02. The summed E-state index contributed by atoms with van der Waals surface area (Å²) in [4.78, 5) is 21.4. The number of rotatable bonds is 2. The van der Waals surface area contributed by atoms with E-state index in [0.717, 1.165) is 6.42 Å². The van der Waals surface area contributed by atoms with E-state index in [-0.39, 0.29) is 28.8 Å². The molecule has 4 rings (SSSR count). The first-order chi connectivity index (χ1) is 6.61. The zero-order chi connectivity index (χ0) is 10.0. The van der Waals surface area contributed by atoms with Gasteiger partial charge >= 0.3 is 5.97 Å². The van der Waals surface area contributed by atoms with Gasteiger partial charge in [-0.25, -0.2) is 0 Å². The van der Waals surface area contributed by atoms with Crippen LogP contribution in [0.3, 0.4) is 0 Å². The number of nitro groups is 1. The van der Waals surface area contributed by atoms with Crippen molar-refractivity contribution in [3.8, 4) is 0 Å². The minimum absolute atomic E-state index is 0.00565. The number of hydrogen-bond acceptors (Lipinski definition) is 4. The van der Waals surface area contributed by atoms with Crippen molar-refractivity contribution in [2.75, 3.05) is 0 Å². The molecule has 0 saturated heterocycles. The van der Waals surface area contributed by atoms with Gasteiger partial charge in [-0.15, -0.1) is 0 Å². The highest BCUT2D eigenvalue weighted by Crippen LogP contribution is 2.71. The van der Waals surface area contributed by atoms with Crippen LogP contribution in [-0.4, -0.2) is 23.0 Å². The fourth-order valence-corrected chi connectivity index (χ4v) is 3.69. The van der Waals surface area contributed by atoms with Crippen LogP contribution in [0.2, 0.25) is 0 Å². The van der Waals surface area contributed by atoms with E-state index in [0.29, 0.717) is 11.8 Å². The Morgan fingerprint density at radius 1 is 1.43 bits per heavy atom. The summed E-state index contributed by atoms with van der Waals surface area (Å²) in [6.07, 6.45) is 0.733. The minimum Gasteiger partial charge on any atom is -0.462 e. The Balaban J connectivity index is 1.81. The molecule has 0 radical (unpaired) electrons. The van der Waals surface area contributed by atoms with Crippen molar-refractivity contribution in [2.45, 2.75) is 25.5 Å². The lowest BCUT2D eigenvalue weighted by atomic mass is 10.1. The second kappa shape index (κ2) is 2.27. The van der Waals surface area contributed by atoms with Crippen LogP contribution >= 0.6 is 0 Å². The number of carbonyl (C=O) groups excluding carboxylic acids is 1. The van der Waals surface area contributed by atoms with Crippen LogP contribution in [-0.2, 0) is 9.53 Å². The molecule has 0 aliphatic heterocycles. The smallest absolute Gasteiger partial charge is 0.302 e. The number of ether oxygens (including phenoxy) is 1. The zero-order valence-corrected chi connectivity index (χ0v) is 7.75. The third-order valence-corrected chi connectivity index (χ3v) is 4.02. The van der Waals surface area contributed by atoms with Gasteiger partial charge in [0.1, 0.15) is 6.10 Å². The molecule has 0 spiro atoms. The summed E-state index contributed by atoms with van der Waals surface area (Å²) in [5.74, 6) is 0.669. The molecule has 0 amide bonds. The lowest BCUT2D eigenvalue weighted by molar-refractivity contribution is -0.531. The first-order valence-electron chi connectivity index (χ1n) is 4.92. The van der Waals surface area contributed by atoms with Crippen molar-refractivity contribution in [1.82, 2.24) is 0 Å². The van der Waals surface area contributed by atoms with Gasteiger partial charge in [-0.2, -0.15) is 0 Å². The van der Waals surface area contributed by atoms with E-state index in [2.05, 4.69) is 0 Å². The van der Waals surface area contributed by atoms with E-state index in [4.69, 9.17) is 4.74 Å². The molecule has 4 fully saturated rings. The molecule has 0 aromatic rings. The van der Waals surface area contributed by atoms with Crippen LogP contribution in [0.25, 0.3) is 0 Å². The molecule has 2 unspecified atom stereocenters. The lowest BCUT2D eigenvalue weighted by Crippen LogP contribution is -2.30. The Hall–Kier alpha value is -1.13. The van der Waals surface area contributed by atoms with Gasteiger partial charge in [0, 0.05) is 23.7 Å². The van der Waals surface area contributed by atoms with Crippen LogP contribution in [0.4, 0.5) is 0 Å². The molecule has 4 bridgehead atoms. The normalized spacial score (nSPS) is 51.8. The molecule has 5 nitrogen and oxygen atoms in total. The maximum atomic E-state index is 10.8. The van der Waals surface area contributed by atoms with Crippen molar-refractivity contribution in [1.29, 1.82) is 0 Å². The van der Waals surface area contributed by atoms with E-state index in [9.17, 15) is 14.9 Å². The first kappa shape index (κ1) is 8.20. The number of esters is 1. The second-order valence-corrected chi connectivity index (χ2v) is 4.57. The van der Waals surface area contributed by atoms with Crippen molar-refractivity contribution >= 4 is 5.97 Å². The quantitative estimate of drug-likeness (QED) is 0.366. The molecule has 4 aliphatic rings. The highest BCUT2D eigenvalue weighted by atomic mass is 16.6. The Morgan fingerprint density at radius 2 is 2.14 bits per heavy atom. The van der Waals surface area contributed by atoms with Gasteiger partial charge in [0.2, 0.25) is 6.04 Å². The molecule has 6 atom stereocenters. The third kappa shape index (κ3) is 0.779. The van der Waals surface area contributed by atoms with Gasteiger partial charge in [0.15, 0.2) is 0 Å². The van der Waals surface area contributed by atoms with Crippen molar-refractivity contribution in [2.24, 2.45) is 23.7 Å². The van der Waals surface area contributed by atoms with E-state index >= 15 is 0 Å². The SMILES string of the molecule is CC(=O)O[C@H]1C2C3[C@H]2C[C@H]1[C@H]3[N+](=O)[O-]. The Bertz CT molecular complexity index is 329. The zero-order valence-electron chi connectivity index (χ0n) is 7.75. The van der Waals surface area contributed by atoms with Crippen molar-refractivity contribution in [3.63, 3.8) is 0 Å². The first-order valence-corrected chi connectivity index (χ1v) is 4.92. The summed E-state index contributed by atoms with van der Waals surface area (Å²) in [5.41, 5.74) is 0. The maximum Gasteiger partial charge on any atom is 0.302 e. The molecule has 14 heavy (non-hydrogen) atoms. The fourth-order valence-electron chi connectivity index (χ4n) is 3.69. The summed E-state index contributed by atoms with van der Waals surface area (Å²) in [5, 5.41) is 10.8. The molecule has 0 N–H and O–H groups in total. The average Bonchev–Trinajstić information content (AvgIpc) is 2.42. The van der Waals surface area contributed by atoms with Gasteiger partial charge in [-0.1, -0.05) is 0 Å². The molecule has 0 heterocycles. The summed E-state index contributed by atoms with van der Waals surface area (Å²) in [6, 6.07) is -0.436. The van der Waals surface area contributed by atoms with Gasteiger partial charge in [0.05, 0.1) is 5.92 Å². The molecular weight excluding hydrogens is 186 g/mol. The van der Waals surface area contributed by atoms with Crippen LogP contribution in [0.1, 0.15) is 13.3 Å². The summed E-state index contributed by atoms with van der Waals surface area (Å²) in [6.45, 7) is 1.37. The van der Waals surface area contributed by atoms with Crippen LogP contribution in [0, 0.1) is 33.8 Å². The number of nitrogens with zero attached hydrogens (tertiary/aromatic N) is 1. The van der Waals surface area contributed by atoms with Gasteiger partial charge in [-0.3, -0.25) is 14.9 Å².